The Morgan fingerprint density at radius 2 is 1.61 bits per heavy atom. The zero-order chi connectivity index (χ0) is 24.2. The van der Waals surface area contributed by atoms with E-state index in [1.54, 1.807) is 24.3 Å². The lowest BCUT2D eigenvalue weighted by Gasteiger charge is -2.18. The van der Waals surface area contributed by atoms with Crippen LogP contribution in [-0.4, -0.2) is 24.7 Å². The van der Waals surface area contributed by atoms with Gasteiger partial charge >= 0.3 is 0 Å². The molecular formula is C25H26F2N2O3Si. The van der Waals surface area contributed by atoms with Crippen molar-refractivity contribution < 1.29 is 23.1 Å². The minimum absolute atomic E-state index is 0.0925. The predicted molar refractivity (Wildman–Crippen MR) is 127 cm³/mol. The van der Waals surface area contributed by atoms with Crippen LogP contribution in [0.25, 0.3) is 0 Å². The second-order valence-corrected chi connectivity index (χ2v) is 13.9. The molecule has 3 rings (SSSR count). The molecule has 0 aliphatic rings. The Morgan fingerprint density at radius 1 is 0.909 bits per heavy atom. The van der Waals surface area contributed by atoms with E-state index in [2.05, 4.69) is 29.9 Å². The van der Waals surface area contributed by atoms with E-state index in [0.717, 1.165) is 5.19 Å². The molecule has 0 saturated heterocycles. The van der Waals surface area contributed by atoms with Crippen LogP contribution in [0.3, 0.4) is 0 Å². The van der Waals surface area contributed by atoms with Gasteiger partial charge < -0.3 is 10.1 Å². The number of amides is 1. The van der Waals surface area contributed by atoms with Crippen molar-refractivity contribution in [3.8, 4) is 11.5 Å². The fourth-order valence-corrected chi connectivity index (χ4v) is 4.45. The van der Waals surface area contributed by atoms with Gasteiger partial charge in [0.25, 0.3) is 0 Å². The molecule has 3 aromatic rings. The number of anilines is 1. The number of halogens is 2. The largest absolute Gasteiger partial charge is 0.457 e. The number of aromatic nitrogens is 1. The van der Waals surface area contributed by atoms with Gasteiger partial charge in [0.1, 0.15) is 34.7 Å². The summed E-state index contributed by atoms with van der Waals surface area (Å²) in [7, 11) is -1.65. The summed E-state index contributed by atoms with van der Waals surface area (Å²) < 4.78 is 34.5. The van der Waals surface area contributed by atoms with Crippen molar-refractivity contribution in [2.45, 2.75) is 39.4 Å². The standard InChI is InChI=1S/C25H26F2N2O3Si/c1-16(30)29-25-15-21(9-10-28-25)32-20-6-5-17(24(27)14-20)11-19(31)12-18-13-22(33(2,3)4)7-8-23(18)26/h5-10,13-15H,11-12H2,1-4H3,(H,28,29,30). The van der Waals surface area contributed by atoms with Gasteiger partial charge in [-0.3, -0.25) is 9.59 Å². The lowest BCUT2D eigenvalue weighted by molar-refractivity contribution is -0.118. The van der Waals surface area contributed by atoms with E-state index in [4.69, 9.17) is 4.74 Å². The Labute approximate surface area is 192 Å². The lowest BCUT2D eigenvalue weighted by Crippen LogP contribution is -2.38. The summed E-state index contributed by atoms with van der Waals surface area (Å²) in [6, 6.07) is 12.2. The maximum absolute atomic E-state index is 14.6. The van der Waals surface area contributed by atoms with Gasteiger partial charge in [-0.2, -0.15) is 0 Å². The van der Waals surface area contributed by atoms with E-state index in [1.807, 2.05) is 0 Å². The van der Waals surface area contributed by atoms with Gasteiger partial charge in [-0.1, -0.05) is 43.0 Å². The molecule has 33 heavy (non-hydrogen) atoms. The van der Waals surface area contributed by atoms with Crippen molar-refractivity contribution in [1.29, 1.82) is 0 Å². The summed E-state index contributed by atoms with van der Waals surface area (Å²) in [6.45, 7) is 7.81. The molecule has 0 spiro atoms. The molecule has 2 aromatic carbocycles. The molecule has 172 valence electrons. The minimum atomic E-state index is -1.65. The number of ketones is 1. The Kier molecular flexibility index (Phi) is 7.38. The van der Waals surface area contributed by atoms with Crippen LogP contribution in [-0.2, 0) is 22.4 Å². The van der Waals surface area contributed by atoms with E-state index in [-0.39, 0.29) is 35.8 Å². The highest BCUT2D eigenvalue weighted by Crippen LogP contribution is 2.25. The maximum atomic E-state index is 14.6. The van der Waals surface area contributed by atoms with Crippen molar-refractivity contribution in [1.82, 2.24) is 4.98 Å². The molecule has 1 N–H and O–H groups in total. The zero-order valence-electron chi connectivity index (χ0n) is 19.0. The summed E-state index contributed by atoms with van der Waals surface area (Å²) in [5, 5.41) is 3.61. The average Bonchev–Trinajstić information content (AvgIpc) is 2.70. The number of rotatable bonds is 8. The smallest absolute Gasteiger partial charge is 0.222 e. The monoisotopic (exact) mass is 468 g/mol. The highest BCUT2D eigenvalue weighted by Gasteiger charge is 2.19. The molecule has 0 aliphatic carbocycles. The van der Waals surface area contributed by atoms with Crippen LogP contribution in [0.1, 0.15) is 18.1 Å². The van der Waals surface area contributed by atoms with Gasteiger partial charge in [0.05, 0.1) is 8.07 Å². The van der Waals surface area contributed by atoms with Crippen LogP contribution < -0.4 is 15.2 Å². The Bertz CT molecular complexity index is 1190. The van der Waals surface area contributed by atoms with Crippen molar-refractivity contribution in [3.05, 3.63) is 77.5 Å². The molecule has 0 atom stereocenters. The first-order valence-corrected chi connectivity index (χ1v) is 14.0. The molecule has 0 saturated carbocycles. The third-order valence-electron chi connectivity index (χ3n) is 4.98. The number of Topliss-reactive ketones (excluding diaryl/α,β-unsaturated/α-hetero) is 1. The molecule has 0 unspecified atom stereocenters. The Hall–Kier alpha value is -3.39. The van der Waals surface area contributed by atoms with E-state index in [9.17, 15) is 18.4 Å². The number of nitrogens with zero attached hydrogens (tertiary/aromatic N) is 1. The maximum Gasteiger partial charge on any atom is 0.222 e. The van der Waals surface area contributed by atoms with Gasteiger partial charge in [-0.05, 0) is 29.3 Å². The SMILES string of the molecule is CC(=O)Nc1cc(Oc2ccc(CC(=O)Cc3cc([Si](C)(C)C)ccc3F)c(F)c2)ccn1. The van der Waals surface area contributed by atoms with Gasteiger partial charge in [0, 0.05) is 38.1 Å². The number of benzene rings is 2. The van der Waals surface area contributed by atoms with Gasteiger partial charge in [0.2, 0.25) is 5.91 Å². The van der Waals surface area contributed by atoms with Gasteiger partial charge in [-0.25, -0.2) is 13.8 Å². The third kappa shape index (κ3) is 6.79. The van der Waals surface area contributed by atoms with Crippen LogP contribution >= 0.6 is 0 Å². The number of nitrogens with one attached hydrogen (secondary N) is 1. The number of carbonyl (C=O) groups excluding carboxylic acids is 2. The molecule has 0 radical (unpaired) electrons. The Morgan fingerprint density at radius 3 is 2.27 bits per heavy atom. The molecule has 1 heterocycles. The second kappa shape index (κ2) is 10.0. The van der Waals surface area contributed by atoms with Crippen molar-refractivity contribution in [2.24, 2.45) is 0 Å². The molecule has 8 heteroatoms. The highest BCUT2D eigenvalue weighted by atomic mass is 28.3. The first kappa shape index (κ1) is 24.3. The fourth-order valence-electron chi connectivity index (χ4n) is 3.26. The zero-order valence-corrected chi connectivity index (χ0v) is 20.0. The predicted octanol–water partition coefficient (Wildman–Crippen LogP) is 5.01. The van der Waals surface area contributed by atoms with Gasteiger partial charge in [0.15, 0.2) is 0 Å². The normalized spacial score (nSPS) is 11.2. The average molecular weight is 469 g/mol. The van der Waals surface area contributed by atoms with Crippen LogP contribution in [0, 0.1) is 11.6 Å². The molecule has 0 fully saturated rings. The molecule has 1 aromatic heterocycles. The summed E-state index contributed by atoms with van der Waals surface area (Å²) in [5.41, 5.74) is 0.552. The number of ether oxygens (including phenoxy) is 1. The second-order valence-electron chi connectivity index (χ2n) is 8.86. The van der Waals surface area contributed by atoms with E-state index in [1.165, 1.54) is 37.4 Å². The van der Waals surface area contributed by atoms with Gasteiger partial charge in [-0.15, -0.1) is 0 Å². The molecule has 1 amide bonds. The molecule has 5 nitrogen and oxygen atoms in total. The topological polar surface area (TPSA) is 68.3 Å². The van der Waals surface area contributed by atoms with Crippen molar-refractivity contribution >= 4 is 30.8 Å². The van der Waals surface area contributed by atoms with Crippen molar-refractivity contribution in [3.63, 3.8) is 0 Å². The summed E-state index contributed by atoms with van der Waals surface area (Å²) in [4.78, 5) is 27.7. The van der Waals surface area contributed by atoms with E-state index < -0.39 is 19.7 Å². The van der Waals surface area contributed by atoms with E-state index in [0.29, 0.717) is 17.1 Å². The number of pyridine rings is 1. The summed E-state index contributed by atoms with van der Waals surface area (Å²) in [5.74, 6) is -0.644. The van der Waals surface area contributed by atoms with Crippen LogP contribution in [0.4, 0.5) is 14.6 Å². The van der Waals surface area contributed by atoms with Crippen molar-refractivity contribution in [2.75, 3.05) is 5.32 Å². The first-order chi connectivity index (χ1) is 15.5. The minimum Gasteiger partial charge on any atom is -0.457 e. The lowest BCUT2D eigenvalue weighted by atomic mass is 10.0. The summed E-state index contributed by atoms with van der Waals surface area (Å²) >= 11 is 0. The van der Waals surface area contributed by atoms with Crippen LogP contribution in [0.2, 0.25) is 19.6 Å². The first-order valence-electron chi connectivity index (χ1n) is 10.5. The highest BCUT2D eigenvalue weighted by molar-refractivity contribution is 6.88. The van der Waals surface area contributed by atoms with E-state index >= 15 is 0 Å². The fraction of sp³-hybridized carbons (Fsp3) is 0.240. The quantitative estimate of drug-likeness (QED) is 0.472. The molecule has 0 aliphatic heterocycles. The van der Waals surface area contributed by atoms with Crippen LogP contribution in [0.5, 0.6) is 11.5 Å². The number of hydrogen-bond donors (Lipinski definition) is 1. The third-order valence-corrected chi connectivity index (χ3v) is 7.03. The Balaban J connectivity index is 1.68. The number of carbonyl (C=O) groups is 2. The molecule has 0 bridgehead atoms. The summed E-state index contributed by atoms with van der Waals surface area (Å²) in [6.07, 6.45) is 1.22. The molecular weight excluding hydrogens is 442 g/mol. The van der Waals surface area contributed by atoms with Crippen LogP contribution in [0.15, 0.2) is 54.7 Å². The number of hydrogen-bond acceptors (Lipinski definition) is 4.